The van der Waals surface area contributed by atoms with Crippen LogP contribution in [0.3, 0.4) is 0 Å². The zero-order valence-electron chi connectivity index (χ0n) is 16.9. The summed E-state index contributed by atoms with van der Waals surface area (Å²) in [7, 11) is 1.66. The average Bonchev–Trinajstić information content (AvgIpc) is 2.76. The van der Waals surface area contributed by atoms with E-state index < -0.39 is 0 Å². The Morgan fingerprint density at radius 1 is 1.14 bits per heavy atom. The number of carbonyl (C=O) groups excluding carboxylic acids is 1. The van der Waals surface area contributed by atoms with Crippen LogP contribution in [0, 0.1) is 0 Å². The van der Waals surface area contributed by atoms with Crippen molar-refractivity contribution < 1.29 is 19.0 Å². The molecule has 0 unspecified atom stereocenters. The molecule has 156 valence electrons. The van der Waals surface area contributed by atoms with Gasteiger partial charge in [0.15, 0.2) is 0 Å². The molecule has 1 aromatic carbocycles. The van der Waals surface area contributed by atoms with Crippen LogP contribution in [0.4, 0.5) is 4.79 Å². The van der Waals surface area contributed by atoms with E-state index in [0.717, 1.165) is 77.6 Å². The minimum absolute atomic E-state index is 0.0358. The van der Waals surface area contributed by atoms with Gasteiger partial charge in [-0.05, 0) is 37.0 Å². The lowest BCUT2D eigenvalue weighted by Gasteiger charge is -2.36. The lowest BCUT2D eigenvalue weighted by molar-refractivity contribution is 0.0226. The highest BCUT2D eigenvalue weighted by Crippen LogP contribution is 2.15. The van der Waals surface area contributed by atoms with Crippen LogP contribution in [-0.4, -0.2) is 88.1 Å². The van der Waals surface area contributed by atoms with Crippen molar-refractivity contribution in [3.05, 3.63) is 29.8 Å². The van der Waals surface area contributed by atoms with Gasteiger partial charge in [-0.15, -0.1) is 0 Å². The van der Waals surface area contributed by atoms with Crippen LogP contribution in [0.15, 0.2) is 24.3 Å². The molecule has 7 nitrogen and oxygen atoms in total. The zero-order valence-corrected chi connectivity index (χ0v) is 16.9. The van der Waals surface area contributed by atoms with Crippen molar-refractivity contribution in [1.82, 2.24) is 15.1 Å². The summed E-state index contributed by atoms with van der Waals surface area (Å²) >= 11 is 0. The summed E-state index contributed by atoms with van der Waals surface area (Å²) in [4.78, 5) is 17.3. The number of urea groups is 1. The monoisotopic (exact) mass is 391 g/mol. The number of amides is 2. The molecule has 1 N–H and O–H groups in total. The highest BCUT2D eigenvalue weighted by molar-refractivity contribution is 5.74. The Bertz CT molecular complexity index is 584. The molecule has 28 heavy (non-hydrogen) atoms. The summed E-state index contributed by atoms with van der Waals surface area (Å²) in [6, 6.07) is 8.28. The summed E-state index contributed by atoms with van der Waals surface area (Å²) in [6.45, 7) is 7.20. The van der Waals surface area contributed by atoms with E-state index in [4.69, 9.17) is 14.2 Å². The van der Waals surface area contributed by atoms with Crippen LogP contribution >= 0.6 is 0 Å². The SMILES string of the molecule is COc1ccc(CCNC(=O)N(CCN2CCOCC2)C2CCOCC2)cc1. The van der Waals surface area contributed by atoms with E-state index in [1.54, 1.807) is 7.11 Å². The topological polar surface area (TPSA) is 63.3 Å². The first-order valence-corrected chi connectivity index (χ1v) is 10.3. The Labute approximate surface area is 167 Å². The lowest BCUT2D eigenvalue weighted by Crippen LogP contribution is -2.52. The first-order valence-electron chi connectivity index (χ1n) is 10.3. The van der Waals surface area contributed by atoms with E-state index >= 15 is 0 Å². The highest BCUT2D eigenvalue weighted by atomic mass is 16.5. The van der Waals surface area contributed by atoms with Crippen LogP contribution in [0.25, 0.3) is 0 Å². The summed E-state index contributed by atoms with van der Waals surface area (Å²) in [5, 5.41) is 3.12. The fraction of sp³-hybridized carbons (Fsp3) is 0.667. The maximum atomic E-state index is 12.9. The minimum Gasteiger partial charge on any atom is -0.497 e. The quantitative estimate of drug-likeness (QED) is 0.732. The van der Waals surface area contributed by atoms with Crippen molar-refractivity contribution in [3.8, 4) is 5.75 Å². The van der Waals surface area contributed by atoms with Crippen molar-refractivity contribution in [2.75, 3.05) is 66.3 Å². The third kappa shape index (κ3) is 6.36. The molecule has 2 aliphatic heterocycles. The second-order valence-electron chi connectivity index (χ2n) is 7.32. The molecule has 0 saturated carbocycles. The number of hydrogen-bond acceptors (Lipinski definition) is 5. The fourth-order valence-corrected chi connectivity index (χ4v) is 3.73. The van der Waals surface area contributed by atoms with E-state index in [1.165, 1.54) is 5.56 Å². The van der Waals surface area contributed by atoms with Gasteiger partial charge in [-0.3, -0.25) is 4.90 Å². The van der Waals surface area contributed by atoms with E-state index in [1.807, 2.05) is 29.2 Å². The molecule has 2 amide bonds. The van der Waals surface area contributed by atoms with E-state index in [0.29, 0.717) is 6.54 Å². The fourth-order valence-electron chi connectivity index (χ4n) is 3.73. The number of rotatable bonds is 8. The predicted octanol–water partition coefficient (Wildman–Crippen LogP) is 1.76. The van der Waals surface area contributed by atoms with Gasteiger partial charge in [0.25, 0.3) is 0 Å². The maximum Gasteiger partial charge on any atom is 0.317 e. The molecule has 0 atom stereocenters. The van der Waals surface area contributed by atoms with Crippen LogP contribution in [0.5, 0.6) is 5.75 Å². The van der Waals surface area contributed by atoms with Crippen LogP contribution in [-0.2, 0) is 15.9 Å². The molecule has 0 bridgehead atoms. The van der Waals surface area contributed by atoms with E-state index in [-0.39, 0.29) is 12.1 Å². The van der Waals surface area contributed by atoms with Gasteiger partial charge in [-0.1, -0.05) is 12.1 Å². The van der Waals surface area contributed by atoms with Gasteiger partial charge in [-0.25, -0.2) is 4.79 Å². The Morgan fingerprint density at radius 2 is 1.82 bits per heavy atom. The number of nitrogens with one attached hydrogen (secondary N) is 1. The molecular formula is C21H33N3O4. The molecule has 0 radical (unpaired) electrons. The summed E-state index contributed by atoms with van der Waals surface area (Å²) in [5.74, 6) is 0.849. The van der Waals surface area contributed by atoms with Gasteiger partial charge < -0.3 is 24.4 Å². The lowest BCUT2D eigenvalue weighted by atomic mass is 10.1. The molecule has 2 saturated heterocycles. The molecule has 0 aliphatic carbocycles. The molecule has 3 rings (SSSR count). The molecule has 2 heterocycles. The van der Waals surface area contributed by atoms with Crippen molar-refractivity contribution in [1.29, 1.82) is 0 Å². The van der Waals surface area contributed by atoms with Gasteiger partial charge in [0.2, 0.25) is 0 Å². The molecule has 0 spiro atoms. The third-order valence-corrected chi connectivity index (χ3v) is 5.50. The molecule has 2 aliphatic rings. The summed E-state index contributed by atoms with van der Waals surface area (Å²) < 4.78 is 16.1. The van der Waals surface area contributed by atoms with Gasteiger partial charge in [0, 0.05) is 52.0 Å². The molecule has 7 heteroatoms. The second kappa shape index (κ2) is 11.2. The van der Waals surface area contributed by atoms with Crippen molar-refractivity contribution in [3.63, 3.8) is 0 Å². The van der Waals surface area contributed by atoms with Gasteiger partial charge in [0.05, 0.1) is 20.3 Å². The van der Waals surface area contributed by atoms with Gasteiger partial charge in [-0.2, -0.15) is 0 Å². The first-order chi connectivity index (χ1) is 13.8. The Kier molecular flexibility index (Phi) is 8.39. The van der Waals surface area contributed by atoms with Crippen LogP contribution < -0.4 is 10.1 Å². The number of benzene rings is 1. The number of ether oxygens (including phenoxy) is 3. The number of methoxy groups -OCH3 is 1. The van der Waals surface area contributed by atoms with E-state index in [2.05, 4.69) is 10.2 Å². The number of carbonyl (C=O) groups is 1. The number of nitrogens with zero attached hydrogens (tertiary/aromatic N) is 2. The molecule has 1 aromatic rings. The minimum atomic E-state index is 0.0358. The summed E-state index contributed by atoms with van der Waals surface area (Å²) in [6.07, 6.45) is 2.63. The van der Waals surface area contributed by atoms with Gasteiger partial charge in [0.1, 0.15) is 5.75 Å². The maximum absolute atomic E-state index is 12.9. The molecule has 2 fully saturated rings. The van der Waals surface area contributed by atoms with Crippen LogP contribution in [0.1, 0.15) is 18.4 Å². The first kappa shape index (κ1) is 20.9. The zero-order chi connectivity index (χ0) is 19.6. The summed E-state index contributed by atoms with van der Waals surface area (Å²) in [5.41, 5.74) is 1.19. The van der Waals surface area contributed by atoms with Crippen LogP contribution in [0.2, 0.25) is 0 Å². The average molecular weight is 392 g/mol. The predicted molar refractivity (Wildman–Crippen MR) is 108 cm³/mol. The Hall–Kier alpha value is -1.83. The largest absolute Gasteiger partial charge is 0.497 e. The standard InChI is InChI=1S/C21H33N3O4/c1-26-20-4-2-18(3-5-20)6-9-22-21(25)24(19-7-14-27-15-8-19)11-10-23-12-16-28-17-13-23/h2-5,19H,6-17H2,1H3,(H,22,25). The number of morpholine rings is 1. The van der Waals surface area contributed by atoms with Crippen molar-refractivity contribution >= 4 is 6.03 Å². The molecular weight excluding hydrogens is 358 g/mol. The second-order valence-corrected chi connectivity index (χ2v) is 7.32. The normalized spacial score (nSPS) is 18.6. The Morgan fingerprint density at radius 3 is 2.50 bits per heavy atom. The molecule has 0 aromatic heterocycles. The number of hydrogen-bond donors (Lipinski definition) is 1. The van der Waals surface area contributed by atoms with Crippen molar-refractivity contribution in [2.24, 2.45) is 0 Å². The van der Waals surface area contributed by atoms with Crippen molar-refractivity contribution in [2.45, 2.75) is 25.3 Å². The van der Waals surface area contributed by atoms with Gasteiger partial charge >= 0.3 is 6.03 Å². The third-order valence-electron chi connectivity index (χ3n) is 5.50. The highest BCUT2D eigenvalue weighted by Gasteiger charge is 2.26. The Balaban J connectivity index is 1.49. The smallest absolute Gasteiger partial charge is 0.317 e. The van der Waals surface area contributed by atoms with E-state index in [9.17, 15) is 4.79 Å².